The zero-order valence-electron chi connectivity index (χ0n) is 15.7. The molecule has 0 bridgehead atoms. The first-order chi connectivity index (χ1) is 12.9. The average Bonchev–Trinajstić information content (AvgIpc) is 3.13. The van der Waals surface area contributed by atoms with Gasteiger partial charge in [-0.1, -0.05) is 62.9 Å². The van der Waals surface area contributed by atoms with E-state index in [4.69, 9.17) is 4.74 Å². The van der Waals surface area contributed by atoms with Crippen molar-refractivity contribution in [2.75, 3.05) is 12.4 Å². The van der Waals surface area contributed by atoms with Gasteiger partial charge < -0.3 is 9.84 Å². The first-order valence-corrected chi connectivity index (χ1v) is 9.80. The van der Waals surface area contributed by atoms with E-state index in [1.54, 1.807) is 4.68 Å². The zero-order chi connectivity index (χ0) is 19.3. The monoisotopic (exact) mass is 384 g/mol. The summed E-state index contributed by atoms with van der Waals surface area (Å²) in [7, 11) is 0. The van der Waals surface area contributed by atoms with E-state index in [-0.39, 0.29) is 12.0 Å². The first kappa shape index (κ1) is 19.4. The Kier molecular flexibility index (Phi) is 6.13. The maximum Gasteiger partial charge on any atom is 0.214 e. The normalized spacial score (nSPS) is 12.7. The number of para-hydroxylation sites is 1. The zero-order valence-corrected chi connectivity index (χ0v) is 16.6. The third-order valence-corrected chi connectivity index (χ3v) is 5.07. The molecule has 27 heavy (non-hydrogen) atoms. The Morgan fingerprint density at radius 2 is 1.78 bits per heavy atom. The predicted octanol–water partition coefficient (Wildman–Crippen LogP) is 3.49. The molecule has 1 aromatic heterocycles. The molecule has 0 aliphatic carbocycles. The van der Waals surface area contributed by atoms with Crippen LogP contribution in [0.3, 0.4) is 0 Å². The van der Waals surface area contributed by atoms with Gasteiger partial charge >= 0.3 is 0 Å². The lowest BCUT2D eigenvalue weighted by Crippen LogP contribution is -2.20. The second kappa shape index (κ2) is 8.54. The first-order valence-electron chi connectivity index (χ1n) is 8.81. The van der Waals surface area contributed by atoms with Crippen molar-refractivity contribution >= 4 is 11.8 Å². The molecule has 0 spiro atoms. The van der Waals surface area contributed by atoms with E-state index in [1.165, 1.54) is 17.3 Å². The molecule has 0 fully saturated rings. The van der Waals surface area contributed by atoms with Gasteiger partial charge in [0.25, 0.3) is 0 Å². The van der Waals surface area contributed by atoms with Gasteiger partial charge in [-0.15, -0.1) is 5.10 Å². The van der Waals surface area contributed by atoms with Gasteiger partial charge in [0.2, 0.25) is 5.16 Å². The molecule has 3 rings (SSSR count). The van der Waals surface area contributed by atoms with Crippen LogP contribution in [0.25, 0.3) is 5.69 Å². The van der Waals surface area contributed by atoms with Crippen molar-refractivity contribution in [2.45, 2.75) is 37.4 Å². The molecule has 0 unspecified atom stereocenters. The lowest BCUT2D eigenvalue weighted by atomic mass is 9.87. The van der Waals surface area contributed by atoms with Crippen LogP contribution in [0.4, 0.5) is 0 Å². The fourth-order valence-corrected chi connectivity index (χ4v) is 3.26. The van der Waals surface area contributed by atoms with E-state index >= 15 is 0 Å². The molecule has 0 radical (unpaired) electrons. The van der Waals surface area contributed by atoms with Gasteiger partial charge in [-0.25, -0.2) is 0 Å². The number of thioether (sulfide) groups is 1. The number of hydrogen-bond acceptors (Lipinski definition) is 6. The molecule has 3 aromatic rings. The lowest BCUT2D eigenvalue weighted by molar-refractivity contribution is 0.126. The summed E-state index contributed by atoms with van der Waals surface area (Å²) in [6.07, 6.45) is -0.627. The van der Waals surface area contributed by atoms with Gasteiger partial charge in [0.1, 0.15) is 12.4 Å². The molecule has 1 atom stereocenters. The van der Waals surface area contributed by atoms with Gasteiger partial charge in [-0.2, -0.15) is 4.68 Å². The quantitative estimate of drug-likeness (QED) is 0.629. The molecular formula is C20H24N4O2S. The minimum absolute atomic E-state index is 0.109. The SMILES string of the molecule is CC(C)(C)c1ccc(OC[C@H](O)CSc2nnnn2-c2ccccc2)cc1. The van der Waals surface area contributed by atoms with Crippen molar-refractivity contribution in [1.29, 1.82) is 0 Å². The Bertz CT molecular complexity index is 844. The molecule has 6 nitrogen and oxygen atoms in total. The molecule has 7 heteroatoms. The van der Waals surface area contributed by atoms with Gasteiger partial charge in [0, 0.05) is 5.75 Å². The van der Waals surface area contributed by atoms with Crippen LogP contribution < -0.4 is 4.74 Å². The topological polar surface area (TPSA) is 73.1 Å². The van der Waals surface area contributed by atoms with E-state index in [9.17, 15) is 5.11 Å². The smallest absolute Gasteiger partial charge is 0.214 e. The molecule has 0 saturated carbocycles. The van der Waals surface area contributed by atoms with Gasteiger partial charge in [0.15, 0.2) is 0 Å². The Morgan fingerprint density at radius 3 is 2.44 bits per heavy atom. The molecule has 0 saturated heterocycles. The largest absolute Gasteiger partial charge is 0.491 e. The third kappa shape index (κ3) is 5.30. The van der Waals surface area contributed by atoms with Crippen molar-refractivity contribution in [2.24, 2.45) is 0 Å². The number of aliphatic hydroxyl groups excluding tert-OH is 1. The number of hydrogen-bond donors (Lipinski definition) is 1. The van der Waals surface area contributed by atoms with E-state index in [2.05, 4.69) is 48.4 Å². The summed E-state index contributed by atoms with van der Waals surface area (Å²) < 4.78 is 7.35. The molecule has 0 amide bonds. The van der Waals surface area contributed by atoms with Crippen LogP contribution in [0.15, 0.2) is 59.8 Å². The average molecular weight is 385 g/mol. The number of nitrogens with zero attached hydrogens (tertiary/aromatic N) is 4. The summed E-state index contributed by atoms with van der Waals surface area (Å²) in [5.41, 5.74) is 2.24. The lowest BCUT2D eigenvalue weighted by Gasteiger charge is -2.19. The van der Waals surface area contributed by atoms with Crippen molar-refractivity contribution in [3.05, 3.63) is 60.2 Å². The fraction of sp³-hybridized carbons (Fsp3) is 0.350. The summed E-state index contributed by atoms with van der Waals surface area (Å²) in [4.78, 5) is 0. The highest BCUT2D eigenvalue weighted by molar-refractivity contribution is 7.99. The Morgan fingerprint density at radius 1 is 1.07 bits per heavy atom. The van der Waals surface area contributed by atoms with Crippen LogP contribution in [0.1, 0.15) is 26.3 Å². The number of benzene rings is 2. The van der Waals surface area contributed by atoms with Crippen molar-refractivity contribution in [1.82, 2.24) is 20.2 Å². The van der Waals surface area contributed by atoms with Gasteiger partial charge in [-0.05, 0) is 45.7 Å². The van der Waals surface area contributed by atoms with E-state index in [1.807, 2.05) is 42.5 Å². The fourth-order valence-electron chi connectivity index (χ4n) is 2.46. The summed E-state index contributed by atoms with van der Waals surface area (Å²) >= 11 is 1.39. The highest BCUT2D eigenvalue weighted by Gasteiger charge is 2.14. The second-order valence-electron chi connectivity index (χ2n) is 7.26. The minimum Gasteiger partial charge on any atom is -0.491 e. The van der Waals surface area contributed by atoms with E-state index in [0.717, 1.165) is 11.4 Å². The molecule has 0 aliphatic heterocycles. The molecule has 142 valence electrons. The minimum atomic E-state index is -0.627. The van der Waals surface area contributed by atoms with Crippen LogP contribution >= 0.6 is 11.8 Å². The highest BCUT2D eigenvalue weighted by Crippen LogP contribution is 2.24. The maximum atomic E-state index is 10.2. The summed E-state index contributed by atoms with van der Waals surface area (Å²) in [5.74, 6) is 1.19. The predicted molar refractivity (Wildman–Crippen MR) is 107 cm³/mol. The Balaban J connectivity index is 1.51. The van der Waals surface area contributed by atoms with Crippen LogP contribution in [-0.4, -0.2) is 43.8 Å². The van der Waals surface area contributed by atoms with Crippen molar-refractivity contribution in [3.8, 4) is 11.4 Å². The van der Waals surface area contributed by atoms with Crippen LogP contribution in [0.2, 0.25) is 0 Å². The maximum absolute atomic E-state index is 10.2. The second-order valence-corrected chi connectivity index (χ2v) is 8.25. The summed E-state index contributed by atoms with van der Waals surface area (Å²) in [6, 6.07) is 17.7. The van der Waals surface area contributed by atoms with Crippen molar-refractivity contribution < 1.29 is 9.84 Å². The van der Waals surface area contributed by atoms with Crippen LogP contribution in [-0.2, 0) is 5.41 Å². The molecule has 0 aliphatic rings. The van der Waals surface area contributed by atoms with Crippen LogP contribution in [0.5, 0.6) is 5.75 Å². The summed E-state index contributed by atoms with van der Waals surface area (Å²) in [6.45, 7) is 6.74. The number of ether oxygens (including phenoxy) is 1. The van der Waals surface area contributed by atoms with E-state index < -0.39 is 6.10 Å². The third-order valence-electron chi connectivity index (χ3n) is 4.01. The number of aromatic nitrogens is 4. The van der Waals surface area contributed by atoms with E-state index in [0.29, 0.717) is 10.9 Å². The summed E-state index contributed by atoms with van der Waals surface area (Å²) in [5, 5.41) is 22.6. The number of rotatable bonds is 7. The van der Waals surface area contributed by atoms with Gasteiger partial charge in [-0.3, -0.25) is 0 Å². The molecule has 2 aromatic carbocycles. The Hall–Kier alpha value is -2.38. The molecular weight excluding hydrogens is 360 g/mol. The highest BCUT2D eigenvalue weighted by atomic mass is 32.2. The number of tetrazole rings is 1. The standard InChI is InChI=1S/C20H24N4O2S/c1-20(2,3)15-9-11-18(12-10-15)26-13-17(25)14-27-19-21-22-23-24(19)16-7-5-4-6-8-16/h4-12,17,25H,13-14H2,1-3H3/t17-/m0/s1. The number of aliphatic hydroxyl groups is 1. The molecule has 1 heterocycles. The van der Waals surface area contributed by atoms with Crippen LogP contribution in [0, 0.1) is 0 Å². The Labute approximate surface area is 163 Å². The van der Waals surface area contributed by atoms with Gasteiger partial charge in [0.05, 0.1) is 11.8 Å². The van der Waals surface area contributed by atoms with Crippen molar-refractivity contribution in [3.63, 3.8) is 0 Å². The molecule has 1 N–H and O–H groups in total.